The third-order valence-corrected chi connectivity index (χ3v) is 1.58. The minimum Gasteiger partial charge on any atom is -0.506 e. The van der Waals surface area contributed by atoms with E-state index in [1.54, 1.807) is 6.92 Å². The number of carboxylic acid groups (broad SMARTS) is 1. The molecule has 0 amide bonds. The van der Waals surface area contributed by atoms with Crippen molar-refractivity contribution in [3.8, 4) is 5.75 Å². The molecule has 0 aliphatic carbocycles. The van der Waals surface area contributed by atoms with Crippen LogP contribution in [0, 0.1) is 6.92 Å². The van der Waals surface area contributed by atoms with Gasteiger partial charge in [0, 0.05) is 0 Å². The molecule has 0 bridgehead atoms. The van der Waals surface area contributed by atoms with Gasteiger partial charge in [-0.1, -0.05) is 0 Å². The van der Waals surface area contributed by atoms with Crippen molar-refractivity contribution in [1.29, 1.82) is 0 Å². The first-order chi connectivity index (χ1) is 5.52. The number of aromatic hydroxyl groups is 1. The minimum atomic E-state index is -1.05. The molecule has 0 aliphatic rings. The van der Waals surface area contributed by atoms with Crippen LogP contribution in [0.25, 0.3) is 0 Å². The zero-order chi connectivity index (χ0) is 9.30. The van der Waals surface area contributed by atoms with Gasteiger partial charge in [0.15, 0.2) is 0 Å². The maximum Gasteiger partial charge on any atom is 0.335 e. The summed E-state index contributed by atoms with van der Waals surface area (Å²) in [6.45, 7) is 1.60. The number of phenolic OH excluding ortho intramolecular Hbond substituents is 1. The van der Waals surface area contributed by atoms with Crippen molar-refractivity contribution in [2.75, 3.05) is 5.73 Å². The molecule has 0 aliphatic heterocycles. The topological polar surface area (TPSA) is 83.5 Å². The lowest BCUT2D eigenvalue weighted by Crippen LogP contribution is -1.99. The lowest BCUT2D eigenvalue weighted by Gasteiger charge is -2.03. The molecule has 0 spiro atoms. The SMILES string of the molecule is Cc1cc(C(=O)O)cc(N)c1O. The number of hydrogen-bond donors (Lipinski definition) is 3. The van der Waals surface area contributed by atoms with E-state index < -0.39 is 5.97 Å². The Bertz CT molecular complexity index is 310. The Labute approximate surface area is 69.3 Å². The number of benzene rings is 1. The molecule has 4 heteroatoms. The Balaban J connectivity index is 3.31. The first kappa shape index (κ1) is 8.39. The molecule has 0 unspecified atom stereocenters. The zero-order valence-corrected chi connectivity index (χ0v) is 6.53. The van der Waals surface area contributed by atoms with Gasteiger partial charge in [-0.2, -0.15) is 0 Å². The number of aryl methyl sites for hydroxylation is 1. The van der Waals surface area contributed by atoms with Gasteiger partial charge >= 0.3 is 5.97 Å². The van der Waals surface area contributed by atoms with E-state index in [1.165, 1.54) is 12.1 Å². The van der Waals surface area contributed by atoms with Crippen LogP contribution >= 0.6 is 0 Å². The maximum absolute atomic E-state index is 10.5. The van der Waals surface area contributed by atoms with E-state index in [2.05, 4.69) is 0 Å². The lowest BCUT2D eigenvalue weighted by molar-refractivity contribution is 0.0697. The van der Waals surface area contributed by atoms with Gasteiger partial charge in [0.05, 0.1) is 11.3 Å². The Morgan fingerprint density at radius 2 is 2.08 bits per heavy atom. The smallest absolute Gasteiger partial charge is 0.335 e. The van der Waals surface area contributed by atoms with Gasteiger partial charge < -0.3 is 15.9 Å². The van der Waals surface area contributed by atoms with E-state index in [9.17, 15) is 9.90 Å². The van der Waals surface area contributed by atoms with Crippen LogP contribution in [0.5, 0.6) is 5.75 Å². The fourth-order valence-corrected chi connectivity index (χ4v) is 0.930. The van der Waals surface area contributed by atoms with Crippen LogP contribution < -0.4 is 5.73 Å². The van der Waals surface area contributed by atoms with E-state index in [0.29, 0.717) is 5.56 Å². The van der Waals surface area contributed by atoms with Crippen LogP contribution in [0.3, 0.4) is 0 Å². The molecule has 1 aromatic rings. The Hall–Kier alpha value is -1.71. The first-order valence-corrected chi connectivity index (χ1v) is 3.34. The predicted molar refractivity (Wildman–Crippen MR) is 44.2 cm³/mol. The minimum absolute atomic E-state index is 0.0556. The third-order valence-electron chi connectivity index (χ3n) is 1.58. The fourth-order valence-electron chi connectivity index (χ4n) is 0.930. The standard InChI is InChI=1S/C8H9NO3/c1-4-2-5(8(11)12)3-6(9)7(4)10/h2-3,10H,9H2,1H3,(H,11,12). The molecule has 12 heavy (non-hydrogen) atoms. The van der Waals surface area contributed by atoms with Crippen molar-refractivity contribution < 1.29 is 15.0 Å². The Morgan fingerprint density at radius 1 is 1.50 bits per heavy atom. The normalized spacial score (nSPS) is 9.75. The lowest BCUT2D eigenvalue weighted by atomic mass is 10.1. The van der Waals surface area contributed by atoms with Crippen LogP contribution in [0.15, 0.2) is 12.1 Å². The molecule has 0 saturated heterocycles. The molecule has 64 valence electrons. The van der Waals surface area contributed by atoms with Gasteiger partial charge in [-0.3, -0.25) is 0 Å². The van der Waals surface area contributed by atoms with Gasteiger partial charge in [0.25, 0.3) is 0 Å². The van der Waals surface area contributed by atoms with E-state index in [1.807, 2.05) is 0 Å². The molecule has 0 atom stereocenters. The van der Waals surface area contributed by atoms with E-state index in [-0.39, 0.29) is 17.0 Å². The summed E-state index contributed by atoms with van der Waals surface area (Å²) in [7, 11) is 0. The van der Waals surface area contributed by atoms with Gasteiger partial charge in [-0.25, -0.2) is 4.79 Å². The van der Waals surface area contributed by atoms with Crippen LogP contribution in [-0.2, 0) is 0 Å². The molecule has 0 heterocycles. The quantitative estimate of drug-likeness (QED) is 0.430. The van der Waals surface area contributed by atoms with Crippen molar-refractivity contribution >= 4 is 11.7 Å². The number of carbonyl (C=O) groups is 1. The molecule has 4 N–H and O–H groups in total. The van der Waals surface area contributed by atoms with Crippen molar-refractivity contribution in [2.24, 2.45) is 0 Å². The third kappa shape index (κ3) is 1.32. The maximum atomic E-state index is 10.5. The van der Waals surface area contributed by atoms with E-state index >= 15 is 0 Å². The second-order valence-electron chi connectivity index (χ2n) is 2.54. The van der Waals surface area contributed by atoms with E-state index in [4.69, 9.17) is 10.8 Å². The highest BCUT2D eigenvalue weighted by Gasteiger charge is 2.08. The highest BCUT2D eigenvalue weighted by atomic mass is 16.4. The molecule has 0 saturated carbocycles. The fraction of sp³-hybridized carbons (Fsp3) is 0.125. The summed E-state index contributed by atoms with van der Waals surface area (Å²) in [4.78, 5) is 10.5. The zero-order valence-electron chi connectivity index (χ0n) is 6.53. The van der Waals surface area contributed by atoms with Gasteiger partial charge in [-0.05, 0) is 24.6 Å². The number of hydrogen-bond acceptors (Lipinski definition) is 3. The second kappa shape index (κ2) is 2.73. The summed E-state index contributed by atoms with van der Waals surface area (Å²) in [5.41, 5.74) is 5.99. The first-order valence-electron chi connectivity index (χ1n) is 3.34. The molecule has 1 aromatic carbocycles. The van der Waals surface area contributed by atoms with Crippen molar-refractivity contribution in [3.63, 3.8) is 0 Å². The average molecular weight is 167 g/mol. The van der Waals surface area contributed by atoms with E-state index in [0.717, 1.165) is 0 Å². The molecule has 4 nitrogen and oxygen atoms in total. The van der Waals surface area contributed by atoms with Gasteiger partial charge in [0.1, 0.15) is 5.75 Å². The number of aromatic carboxylic acids is 1. The highest BCUT2D eigenvalue weighted by Crippen LogP contribution is 2.25. The summed E-state index contributed by atoms with van der Waals surface area (Å²) in [6.07, 6.45) is 0. The summed E-state index contributed by atoms with van der Waals surface area (Å²) < 4.78 is 0. The van der Waals surface area contributed by atoms with Gasteiger partial charge in [0.2, 0.25) is 0 Å². The summed E-state index contributed by atoms with van der Waals surface area (Å²) >= 11 is 0. The monoisotopic (exact) mass is 167 g/mol. The predicted octanol–water partition coefficient (Wildman–Crippen LogP) is 0.981. The number of nitrogens with two attached hydrogens (primary N) is 1. The second-order valence-corrected chi connectivity index (χ2v) is 2.54. The summed E-state index contributed by atoms with van der Waals surface area (Å²) in [5.74, 6) is -1.11. The molecular formula is C8H9NO3. The van der Waals surface area contributed by atoms with Crippen LogP contribution in [0.1, 0.15) is 15.9 Å². The van der Waals surface area contributed by atoms with Crippen molar-refractivity contribution in [1.82, 2.24) is 0 Å². The van der Waals surface area contributed by atoms with Gasteiger partial charge in [-0.15, -0.1) is 0 Å². The number of rotatable bonds is 1. The van der Waals surface area contributed by atoms with Crippen molar-refractivity contribution in [3.05, 3.63) is 23.3 Å². The van der Waals surface area contributed by atoms with Crippen molar-refractivity contribution in [2.45, 2.75) is 6.92 Å². The largest absolute Gasteiger partial charge is 0.506 e. The molecule has 0 fully saturated rings. The molecule has 0 radical (unpaired) electrons. The number of nitrogen functional groups attached to an aromatic ring is 1. The van der Waals surface area contributed by atoms with Crippen LogP contribution in [0.2, 0.25) is 0 Å². The number of anilines is 1. The highest BCUT2D eigenvalue weighted by molar-refractivity contribution is 5.89. The summed E-state index contributed by atoms with van der Waals surface area (Å²) in [6, 6.07) is 2.60. The van der Waals surface area contributed by atoms with Crippen LogP contribution in [-0.4, -0.2) is 16.2 Å². The van der Waals surface area contributed by atoms with Crippen LogP contribution in [0.4, 0.5) is 5.69 Å². The molecular weight excluding hydrogens is 158 g/mol. The Kier molecular flexibility index (Phi) is 1.91. The number of phenols is 1. The molecule has 0 aromatic heterocycles. The summed E-state index contributed by atoms with van der Waals surface area (Å²) in [5, 5.41) is 17.8. The average Bonchev–Trinajstić information content (AvgIpc) is 1.99. The Morgan fingerprint density at radius 3 is 2.50 bits per heavy atom. The molecule has 1 rings (SSSR count). The number of carboxylic acids is 1.